The third kappa shape index (κ3) is 5.96. The molecule has 0 saturated carbocycles. The highest BCUT2D eigenvalue weighted by molar-refractivity contribution is 5.63. The summed E-state index contributed by atoms with van der Waals surface area (Å²) in [6.45, 7) is 10.3. The standard InChI is InChI=1S/C27H34F3N7/c1-26(2,3)20-8-11-36(16-20)15-19-5-4-18(12-23(19)27(28,29)30)24-7-10-32-25(35-24)34-21-13-33-37(17-21)22-6-9-31-14-22/h4-5,7,10,12-13,17,20,22,31H,6,8-9,11,14-16H2,1-3H3,(H,32,34,35)/t20?,22-/m0/s1. The molecule has 5 rings (SSSR count). The van der Waals surface area contributed by atoms with E-state index in [0.29, 0.717) is 41.3 Å². The van der Waals surface area contributed by atoms with Crippen molar-refractivity contribution >= 4 is 11.6 Å². The maximum atomic E-state index is 14.1. The Bertz CT molecular complexity index is 1230. The van der Waals surface area contributed by atoms with Crippen LogP contribution < -0.4 is 10.6 Å². The minimum Gasteiger partial charge on any atom is -0.321 e. The molecule has 3 aromatic rings. The smallest absolute Gasteiger partial charge is 0.321 e. The number of hydrogen-bond acceptors (Lipinski definition) is 6. The van der Waals surface area contributed by atoms with Gasteiger partial charge in [-0.2, -0.15) is 18.3 Å². The lowest BCUT2D eigenvalue weighted by molar-refractivity contribution is -0.138. The Morgan fingerprint density at radius 1 is 1.14 bits per heavy atom. The van der Waals surface area contributed by atoms with Crippen LogP contribution in [-0.2, 0) is 12.7 Å². The van der Waals surface area contributed by atoms with Crippen molar-refractivity contribution in [3.8, 4) is 11.3 Å². The van der Waals surface area contributed by atoms with Crippen molar-refractivity contribution in [3.63, 3.8) is 0 Å². The van der Waals surface area contributed by atoms with Crippen molar-refractivity contribution in [2.45, 2.75) is 52.4 Å². The van der Waals surface area contributed by atoms with Crippen molar-refractivity contribution in [1.29, 1.82) is 0 Å². The molecule has 0 amide bonds. The van der Waals surface area contributed by atoms with E-state index < -0.39 is 11.7 Å². The van der Waals surface area contributed by atoms with Crippen molar-refractivity contribution < 1.29 is 13.2 Å². The zero-order valence-corrected chi connectivity index (χ0v) is 21.5. The molecule has 0 radical (unpaired) electrons. The Labute approximate surface area is 215 Å². The number of alkyl halides is 3. The Hall–Kier alpha value is -2.98. The van der Waals surface area contributed by atoms with Crippen LogP contribution in [0.1, 0.15) is 50.8 Å². The molecule has 2 aliphatic heterocycles. The number of likely N-dealkylation sites (tertiary alicyclic amines) is 1. The van der Waals surface area contributed by atoms with E-state index in [9.17, 15) is 13.2 Å². The fourth-order valence-electron chi connectivity index (χ4n) is 5.24. The maximum Gasteiger partial charge on any atom is 0.416 e. The normalized spacial score (nSPS) is 21.0. The average molecular weight is 514 g/mol. The van der Waals surface area contributed by atoms with Gasteiger partial charge in [0.15, 0.2) is 0 Å². The second kappa shape index (κ2) is 10.1. The SMILES string of the molecule is CC(C)(C)C1CCN(Cc2ccc(-c3ccnc(Nc4cnn([C@H]5CCNC5)c4)n3)cc2C(F)(F)F)C1. The van der Waals surface area contributed by atoms with Gasteiger partial charge in [-0.1, -0.05) is 32.9 Å². The molecule has 7 nitrogen and oxygen atoms in total. The van der Waals surface area contributed by atoms with E-state index in [1.807, 2.05) is 10.9 Å². The first-order valence-electron chi connectivity index (χ1n) is 12.8. The summed E-state index contributed by atoms with van der Waals surface area (Å²) in [5, 5.41) is 10.9. The summed E-state index contributed by atoms with van der Waals surface area (Å²) in [6, 6.07) is 6.46. The highest BCUT2D eigenvalue weighted by Crippen LogP contribution is 2.38. The molecule has 198 valence electrons. The molecule has 0 bridgehead atoms. The van der Waals surface area contributed by atoms with E-state index in [1.54, 1.807) is 30.6 Å². The van der Waals surface area contributed by atoms with Gasteiger partial charge in [-0.05, 0) is 55.0 Å². The van der Waals surface area contributed by atoms with Gasteiger partial charge in [0.2, 0.25) is 5.95 Å². The summed E-state index contributed by atoms with van der Waals surface area (Å²) >= 11 is 0. The van der Waals surface area contributed by atoms with Gasteiger partial charge in [0.25, 0.3) is 0 Å². The zero-order chi connectivity index (χ0) is 26.2. The quantitative estimate of drug-likeness (QED) is 0.453. The second-order valence-corrected chi connectivity index (χ2v) is 11.2. The summed E-state index contributed by atoms with van der Waals surface area (Å²) in [7, 11) is 0. The van der Waals surface area contributed by atoms with Crippen LogP contribution >= 0.6 is 0 Å². The maximum absolute atomic E-state index is 14.1. The number of rotatable bonds is 6. The highest BCUT2D eigenvalue weighted by atomic mass is 19.4. The van der Waals surface area contributed by atoms with E-state index in [-0.39, 0.29) is 5.41 Å². The van der Waals surface area contributed by atoms with Crippen LogP contribution in [0, 0.1) is 11.3 Å². The van der Waals surface area contributed by atoms with Gasteiger partial charge in [0.1, 0.15) is 0 Å². The van der Waals surface area contributed by atoms with Crippen LogP contribution in [0.5, 0.6) is 0 Å². The Balaban J connectivity index is 1.34. The van der Waals surface area contributed by atoms with Gasteiger partial charge >= 0.3 is 6.18 Å². The van der Waals surface area contributed by atoms with Gasteiger partial charge < -0.3 is 10.6 Å². The summed E-state index contributed by atoms with van der Waals surface area (Å²) in [4.78, 5) is 10.9. The first-order valence-corrected chi connectivity index (χ1v) is 12.8. The molecule has 2 aromatic heterocycles. The third-order valence-corrected chi connectivity index (χ3v) is 7.52. The molecule has 2 aliphatic rings. The molecule has 2 saturated heterocycles. The van der Waals surface area contributed by atoms with Crippen LogP contribution in [0.2, 0.25) is 0 Å². The van der Waals surface area contributed by atoms with Gasteiger partial charge in [-0.25, -0.2) is 9.97 Å². The number of anilines is 2. The van der Waals surface area contributed by atoms with Crippen LogP contribution in [0.4, 0.5) is 24.8 Å². The fraction of sp³-hybridized carbons (Fsp3) is 0.519. The number of aromatic nitrogens is 4. The van der Waals surface area contributed by atoms with Crippen molar-refractivity contribution in [1.82, 2.24) is 30.0 Å². The Morgan fingerprint density at radius 3 is 2.68 bits per heavy atom. The molecule has 10 heteroatoms. The molecule has 1 unspecified atom stereocenters. The van der Waals surface area contributed by atoms with E-state index in [0.717, 1.165) is 44.7 Å². The van der Waals surface area contributed by atoms with Crippen LogP contribution in [0.3, 0.4) is 0 Å². The Morgan fingerprint density at radius 2 is 1.97 bits per heavy atom. The number of benzene rings is 1. The molecule has 37 heavy (non-hydrogen) atoms. The summed E-state index contributed by atoms with van der Waals surface area (Å²) in [5.74, 6) is 0.791. The van der Waals surface area contributed by atoms with Crippen molar-refractivity contribution in [3.05, 3.63) is 54.0 Å². The molecule has 2 fully saturated rings. The minimum atomic E-state index is -4.45. The number of nitrogens with zero attached hydrogens (tertiary/aromatic N) is 5. The monoisotopic (exact) mass is 513 g/mol. The number of hydrogen-bond donors (Lipinski definition) is 2. The first kappa shape index (κ1) is 25.7. The third-order valence-electron chi connectivity index (χ3n) is 7.52. The second-order valence-electron chi connectivity index (χ2n) is 11.2. The Kier molecular flexibility index (Phi) is 6.97. The minimum absolute atomic E-state index is 0.149. The zero-order valence-electron chi connectivity index (χ0n) is 21.5. The predicted octanol–water partition coefficient (Wildman–Crippen LogP) is 5.50. The van der Waals surface area contributed by atoms with E-state index in [4.69, 9.17) is 0 Å². The molecule has 0 aliphatic carbocycles. The van der Waals surface area contributed by atoms with Gasteiger partial charge in [0.05, 0.1) is 29.2 Å². The highest BCUT2D eigenvalue weighted by Gasteiger charge is 2.36. The summed E-state index contributed by atoms with van der Waals surface area (Å²) in [6.07, 6.45) is 2.72. The molecule has 1 aromatic carbocycles. The molecular weight excluding hydrogens is 479 g/mol. The number of halogens is 3. The molecule has 0 spiro atoms. The lowest BCUT2D eigenvalue weighted by Crippen LogP contribution is -2.26. The van der Waals surface area contributed by atoms with E-state index >= 15 is 0 Å². The van der Waals surface area contributed by atoms with Crippen molar-refractivity contribution in [2.75, 3.05) is 31.5 Å². The lowest BCUT2D eigenvalue weighted by Gasteiger charge is -2.27. The molecule has 4 heterocycles. The van der Waals surface area contributed by atoms with Crippen LogP contribution in [-0.4, -0.2) is 50.8 Å². The topological polar surface area (TPSA) is 70.9 Å². The van der Waals surface area contributed by atoms with Gasteiger partial charge in [-0.15, -0.1) is 0 Å². The van der Waals surface area contributed by atoms with E-state index in [2.05, 4.69) is 51.4 Å². The average Bonchev–Trinajstić information content (AvgIpc) is 3.60. The largest absolute Gasteiger partial charge is 0.416 e. The predicted molar refractivity (Wildman–Crippen MR) is 137 cm³/mol. The van der Waals surface area contributed by atoms with Gasteiger partial charge in [0, 0.05) is 37.6 Å². The van der Waals surface area contributed by atoms with Crippen molar-refractivity contribution in [2.24, 2.45) is 11.3 Å². The molecule has 2 N–H and O–H groups in total. The van der Waals surface area contributed by atoms with Crippen LogP contribution in [0.15, 0.2) is 42.9 Å². The number of nitrogens with one attached hydrogen (secondary N) is 2. The summed E-state index contributed by atoms with van der Waals surface area (Å²) < 4.78 is 44.2. The summed E-state index contributed by atoms with van der Waals surface area (Å²) in [5.41, 5.74) is 1.40. The fourth-order valence-corrected chi connectivity index (χ4v) is 5.24. The molecule has 2 atom stereocenters. The van der Waals surface area contributed by atoms with Gasteiger partial charge in [-0.3, -0.25) is 9.58 Å². The first-order chi connectivity index (χ1) is 17.6. The van der Waals surface area contributed by atoms with Crippen LogP contribution in [0.25, 0.3) is 11.3 Å². The lowest BCUT2D eigenvalue weighted by atomic mass is 9.80. The molecular formula is C27H34F3N7. The van der Waals surface area contributed by atoms with E-state index in [1.165, 1.54) is 6.07 Å².